The van der Waals surface area contributed by atoms with Crippen molar-refractivity contribution in [1.29, 1.82) is 0 Å². The Morgan fingerprint density at radius 3 is 2.38 bits per heavy atom. The molecule has 1 saturated heterocycles. The van der Waals surface area contributed by atoms with Gasteiger partial charge in [-0.1, -0.05) is 0 Å². The molecular weight excluding hydrogens is 298 g/mol. The lowest BCUT2D eigenvalue weighted by molar-refractivity contribution is -0.0440. The summed E-state index contributed by atoms with van der Waals surface area (Å²) in [6.45, 7) is 3.96. The zero-order chi connectivity index (χ0) is 15.8. The van der Waals surface area contributed by atoms with Gasteiger partial charge in [0.05, 0.1) is 17.1 Å². The molecule has 0 saturated carbocycles. The van der Waals surface area contributed by atoms with Crippen LogP contribution in [0.25, 0.3) is 0 Å². The van der Waals surface area contributed by atoms with Crippen molar-refractivity contribution >= 4 is 16.0 Å². The van der Waals surface area contributed by atoms with Gasteiger partial charge in [0.1, 0.15) is 11.3 Å². The van der Waals surface area contributed by atoms with Crippen LogP contribution in [0.1, 0.15) is 24.2 Å². The highest BCUT2D eigenvalue weighted by Gasteiger charge is 2.32. The van der Waals surface area contributed by atoms with Crippen molar-refractivity contribution in [3.8, 4) is 5.75 Å². The number of hydrogen-bond acceptors (Lipinski definition) is 5. The fraction of sp³-hybridized carbons (Fsp3) is 0.462. The molecule has 0 aliphatic carbocycles. The molecule has 0 amide bonds. The molecule has 1 aliphatic heterocycles. The Labute approximate surface area is 122 Å². The molecule has 116 valence electrons. The largest absolute Gasteiger partial charge is 0.507 e. The molecule has 0 radical (unpaired) electrons. The number of morpholine rings is 1. The van der Waals surface area contributed by atoms with Crippen molar-refractivity contribution in [2.24, 2.45) is 0 Å². The van der Waals surface area contributed by atoms with Gasteiger partial charge in [-0.3, -0.25) is 0 Å². The molecule has 0 spiro atoms. The van der Waals surface area contributed by atoms with E-state index >= 15 is 0 Å². The number of benzene rings is 1. The van der Waals surface area contributed by atoms with Gasteiger partial charge in [-0.2, -0.15) is 4.31 Å². The lowest BCUT2D eigenvalue weighted by Crippen LogP contribution is -2.48. The Morgan fingerprint density at radius 1 is 1.29 bits per heavy atom. The van der Waals surface area contributed by atoms with Crippen LogP contribution in [-0.4, -0.2) is 54.2 Å². The maximum absolute atomic E-state index is 12.6. The van der Waals surface area contributed by atoms with Crippen LogP contribution in [0.3, 0.4) is 0 Å². The molecule has 1 aliphatic rings. The van der Waals surface area contributed by atoms with E-state index in [1.807, 2.05) is 0 Å². The first kappa shape index (κ1) is 15.7. The van der Waals surface area contributed by atoms with E-state index in [4.69, 9.17) is 9.84 Å². The highest BCUT2D eigenvalue weighted by Crippen LogP contribution is 2.25. The van der Waals surface area contributed by atoms with Crippen LogP contribution >= 0.6 is 0 Å². The lowest BCUT2D eigenvalue weighted by Gasteiger charge is -2.34. The molecule has 8 heteroatoms. The molecule has 0 aromatic heterocycles. The predicted octanol–water partition coefficient (Wildman–Crippen LogP) is 0.888. The molecular formula is C13H17NO6S. The summed E-state index contributed by atoms with van der Waals surface area (Å²) in [5.41, 5.74) is -0.439. The first-order valence-electron chi connectivity index (χ1n) is 6.43. The summed E-state index contributed by atoms with van der Waals surface area (Å²) in [6.07, 6.45) is -0.473. The van der Waals surface area contributed by atoms with Gasteiger partial charge in [-0.05, 0) is 32.0 Å². The molecule has 2 N–H and O–H groups in total. The van der Waals surface area contributed by atoms with Crippen molar-refractivity contribution in [2.75, 3.05) is 13.1 Å². The second-order valence-corrected chi connectivity index (χ2v) is 7.00. The van der Waals surface area contributed by atoms with Crippen LogP contribution < -0.4 is 0 Å². The second kappa shape index (κ2) is 5.63. The van der Waals surface area contributed by atoms with Crippen LogP contribution in [0.2, 0.25) is 0 Å². The Balaban J connectivity index is 2.40. The van der Waals surface area contributed by atoms with Crippen molar-refractivity contribution in [2.45, 2.75) is 31.0 Å². The Morgan fingerprint density at radius 2 is 1.86 bits per heavy atom. The number of nitrogens with zero attached hydrogens (tertiary/aromatic N) is 1. The number of hydrogen-bond donors (Lipinski definition) is 2. The summed E-state index contributed by atoms with van der Waals surface area (Å²) >= 11 is 0. The van der Waals surface area contributed by atoms with E-state index in [9.17, 15) is 18.3 Å². The minimum absolute atomic E-state index is 0.154. The quantitative estimate of drug-likeness (QED) is 0.858. The van der Waals surface area contributed by atoms with Gasteiger partial charge in [0.2, 0.25) is 10.0 Å². The highest BCUT2D eigenvalue weighted by atomic mass is 32.2. The van der Waals surface area contributed by atoms with E-state index < -0.39 is 27.3 Å². The number of carbonyl (C=O) groups is 1. The van der Waals surface area contributed by atoms with Crippen molar-refractivity contribution in [3.05, 3.63) is 23.8 Å². The second-order valence-electron chi connectivity index (χ2n) is 5.06. The summed E-state index contributed by atoms with van der Waals surface area (Å²) in [7, 11) is -3.82. The normalized spacial score (nSPS) is 23.9. The van der Waals surface area contributed by atoms with Crippen LogP contribution in [0.15, 0.2) is 23.1 Å². The number of rotatable bonds is 3. The number of ether oxygens (including phenoxy) is 1. The zero-order valence-electron chi connectivity index (χ0n) is 11.7. The van der Waals surface area contributed by atoms with Crippen molar-refractivity contribution in [3.63, 3.8) is 0 Å². The summed E-state index contributed by atoms with van der Waals surface area (Å²) in [5.74, 6) is -1.85. The van der Waals surface area contributed by atoms with E-state index in [0.29, 0.717) is 0 Å². The van der Waals surface area contributed by atoms with Gasteiger partial charge in [0.25, 0.3) is 0 Å². The molecule has 0 unspecified atom stereocenters. The highest BCUT2D eigenvalue weighted by molar-refractivity contribution is 7.89. The molecule has 2 atom stereocenters. The number of aromatic carboxylic acids is 1. The van der Waals surface area contributed by atoms with E-state index in [0.717, 1.165) is 12.1 Å². The van der Waals surface area contributed by atoms with Crippen LogP contribution in [0.5, 0.6) is 5.75 Å². The van der Waals surface area contributed by atoms with Crippen molar-refractivity contribution in [1.82, 2.24) is 4.31 Å². The zero-order valence-corrected chi connectivity index (χ0v) is 12.5. The van der Waals surface area contributed by atoms with Crippen LogP contribution in [-0.2, 0) is 14.8 Å². The van der Waals surface area contributed by atoms with Gasteiger partial charge < -0.3 is 14.9 Å². The van der Waals surface area contributed by atoms with Gasteiger partial charge in [0.15, 0.2) is 0 Å². The van der Waals surface area contributed by atoms with Crippen molar-refractivity contribution < 1.29 is 28.2 Å². The number of carboxylic acid groups (broad SMARTS) is 1. The maximum atomic E-state index is 12.6. The molecule has 1 aromatic carbocycles. The Hall–Kier alpha value is -1.64. The standard InChI is InChI=1S/C13H17NO6S/c1-8-6-14(7-9(2)20-8)21(18,19)10-3-4-12(15)11(5-10)13(16)17/h3-5,8-9,15H,6-7H2,1-2H3,(H,16,17)/t8-,9+. The molecule has 7 nitrogen and oxygen atoms in total. The Bertz CT molecular complexity index is 647. The van der Waals surface area contributed by atoms with E-state index in [-0.39, 0.29) is 30.2 Å². The van der Waals surface area contributed by atoms with E-state index in [2.05, 4.69) is 0 Å². The molecule has 1 fully saturated rings. The minimum atomic E-state index is -3.82. The minimum Gasteiger partial charge on any atom is -0.507 e. The summed E-state index contributed by atoms with van der Waals surface area (Å²) in [5, 5.41) is 18.4. The first-order valence-corrected chi connectivity index (χ1v) is 7.87. The monoisotopic (exact) mass is 315 g/mol. The molecule has 0 bridgehead atoms. The smallest absolute Gasteiger partial charge is 0.339 e. The maximum Gasteiger partial charge on any atom is 0.339 e. The predicted molar refractivity (Wildman–Crippen MR) is 73.8 cm³/mol. The van der Waals surface area contributed by atoms with Crippen LogP contribution in [0.4, 0.5) is 0 Å². The molecule has 1 aromatic rings. The fourth-order valence-electron chi connectivity index (χ4n) is 2.32. The number of sulfonamides is 1. The number of carboxylic acids is 1. The number of aromatic hydroxyl groups is 1. The average molecular weight is 315 g/mol. The number of phenols is 1. The van der Waals surface area contributed by atoms with Gasteiger partial charge >= 0.3 is 5.97 Å². The van der Waals surface area contributed by atoms with Gasteiger partial charge in [-0.15, -0.1) is 0 Å². The molecule has 1 heterocycles. The van der Waals surface area contributed by atoms with Crippen LogP contribution in [0, 0.1) is 0 Å². The third-order valence-corrected chi connectivity index (χ3v) is 5.05. The molecule has 21 heavy (non-hydrogen) atoms. The topological polar surface area (TPSA) is 104 Å². The average Bonchev–Trinajstić information content (AvgIpc) is 2.37. The first-order chi connectivity index (χ1) is 9.71. The summed E-state index contributed by atoms with van der Waals surface area (Å²) in [6, 6.07) is 3.24. The molecule has 2 rings (SSSR count). The lowest BCUT2D eigenvalue weighted by atomic mass is 10.2. The third-order valence-electron chi connectivity index (χ3n) is 3.22. The SMILES string of the molecule is C[C@@H]1CN(S(=O)(=O)c2ccc(O)c(C(=O)O)c2)C[C@H](C)O1. The van der Waals surface area contributed by atoms with Gasteiger partial charge in [0, 0.05) is 13.1 Å². The summed E-state index contributed by atoms with van der Waals surface area (Å²) in [4.78, 5) is 10.8. The summed E-state index contributed by atoms with van der Waals surface area (Å²) < 4.78 is 31.9. The van der Waals surface area contributed by atoms with E-state index in [1.54, 1.807) is 13.8 Å². The third kappa shape index (κ3) is 3.17. The fourth-order valence-corrected chi connectivity index (χ4v) is 3.94. The van der Waals surface area contributed by atoms with E-state index in [1.165, 1.54) is 10.4 Å². The Kier molecular flexibility index (Phi) is 4.22. The van der Waals surface area contributed by atoms with Gasteiger partial charge in [-0.25, -0.2) is 13.2 Å².